The zero-order chi connectivity index (χ0) is 26.6. The highest BCUT2D eigenvalue weighted by Crippen LogP contribution is 2.35. The summed E-state index contributed by atoms with van der Waals surface area (Å²) >= 11 is 0. The number of carboxylic acid groups (broad SMARTS) is 1. The van der Waals surface area contributed by atoms with Gasteiger partial charge in [0.1, 0.15) is 5.75 Å². The number of carbonyl (C=O) groups excluding carboxylic acids is 2. The van der Waals surface area contributed by atoms with Crippen molar-refractivity contribution in [1.29, 1.82) is 0 Å². The van der Waals surface area contributed by atoms with Crippen LogP contribution in [0, 0.1) is 0 Å². The predicted octanol–water partition coefficient (Wildman–Crippen LogP) is 3.49. The number of benzene rings is 3. The van der Waals surface area contributed by atoms with Crippen LogP contribution in [0.3, 0.4) is 0 Å². The number of guanidine groups is 1. The largest absolute Gasteiger partial charge is 0.497 e. The maximum absolute atomic E-state index is 13.4. The highest BCUT2D eigenvalue weighted by molar-refractivity contribution is 6.07. The van der Waals surface area contributed by atoms with Crippen LogP contribution in [0.4, 0.5) is 11.4 Å². The number of hydrogen-bond acceptors (Lipinski definition) is 7. The first-order chi connectivity index (χ1) is 18.4. The van der Waals surface area contributed by atoms with Crippen molar-refractivity contribution in [2.24, 2.45) is 4.99 Å². The van der Waals surface area contributed by atoms with Gasteiger partial charge in [0.05, 0.1) is 26.1 Å². The van der Waals surface area contributed by atoms with E-state index < -0.39 is 12.0 Å². The van der Waals surface area contributed by atoms with Crippen LogP contribution in [0.1, 0.15) is 44.3 Å². The maximum atomic E-state index is 13.4. The minimum absolute atomic E-state index is 0.234. The van der Waals surface area contributed by atoms with E-state index in [1.807, 2.05) is 6.07 Å². The van der Waals surface area contributed by atoms with Crippen molar-refractivity contribution in [3.63, 3.8) is 0 Å². The van der Waals surface area contributed by atoms with Crippen molar-refractivity contribution in [3.8, 4) is 5.75 Å². The zero-order valence-electron chi connectivity index (χ0n) is 20.7. The monoisotopic (exact) mass is 513 g/mol. The zero-order valence-corrected chi connectivity index (χ0v) is 20.7. The van der Waals surface area contributed by atoms with E-state index in [0.29, 0.717) is 40.6 Å². The van der Waals surface area contributed by atoms with Crippen LogP contribution in [0.15, 0.2) is 71.7 Å². The minimum atomic E-state index is -1.00. The molecule has 3 aromatic rings. The van der Waals surface area contributed by atoms with E-state index in [0.717, 1.165) is 17.8 Å². The van der Waals surface area contributed by atoms with Crippen molar-refractivity contribution in [2.75, 3.05) is 30.8 Å². The molecule has 10 nitrogen and oxygen atoms in total. The Morgan fingerprint density at radius 1 is 1.11 bits per heavy atom. The number of nitrogens with one attached hydrogen (secondary N) is 3. The molecule has 1 atom stereocenters. The Bertz CT molecular complexity index is 1420. The fraction of sp³-hybridized carbons (Fsp3) is 0.214. The Balaban J connectivity index is 1.32. The van der Waals surface area contributed by atoms with Crippen molar-refractivity contribution < 1.29 is 24.2 Å². The first-order valence-electron chi connectivity index (χ1n) is 12.2. The number of hydrogen-bond donors (Lipinski definition) is 4. The summed E-state index contributed by atoms with van der Waals surface area (Å²) in [5.74, 6) is -0.298. The smallest absolute Gasteiger partial charge is 0.305 e. The summed E-state index contributed by atoms with van der Waals surface area (Å²) in [6, 6.07) is 18.6. The van der Waals surface area contributed by atoms with Crippen LogP contribution >= 0.6 is 0 Å². The van der Waals surface area contributed by atoms with Crippen molar-refractivity contribution in [2.45, 2.75) is 19.0 Å². The van der Waals surface area contributed by atoms with E-state index in [1.165, 1.54) is 0 Å². The van der Waals surface area contributed by atoms with Gasteiger partial charge >= 0.3 is 5.97 Å². The summed E-state index contributed by atoms with van der Waals surface area (Å²) in [4.78, 5) is 43.9. The first kappa shape index (κ1) is 24.8. The molecule has 4 N–H and O–H groups in total. The van der Waals surface area contributed by atoms with Gasteiger partial charge in [0.25, 0.3) is 11.8 Å². The summed E-state index contributed by atoms with van der Waals surface area (Å²) in [5, 5.41) is 18.7. The number of fused-ring (bicyclic) bond motifs is 1. The molecule has 38 heavy (non-hydrogen) atoms. The van der Waals surface area contributed by atoms with Gasteiger partial charge in [-0.15, -0.1) is 0 Å². The van der Waals surface area contributed by atoms with Crippen LogP contribution in [-0.2, 0) is 11.3 Å². The van der Waals surface area contributed by atoms with Crippen molar-refractivity contribution in [1.82, 2.24) is 10.2 Å². The molecule has 10 heteroatoms. The molecule has 0 aromatic heterocycles. The SMILES string of the molecule is COc1ccc(C(CC(=O)O)N2Cc3ccc(NC(=O)c4cccc(NC5=NCCN5)c4)cc3C2=O)cc1. The highest BCUT2D eigenvalue weighted by Gasteiger charge is 2.35. The van der Waals surface area contributed by atoms with Gasteiger partial charge in [0, 0.05) is 35.6 Å². The van der Waals surface area contributed by atoms with E-state index >= 15 is 0 Å². The van der Waals surface area contributed by atoms with Gasteiger partial charge in [0.2, 0.25) is 0 Å². The molecule has 0 fully saturated rings. The van der Waals surface area contributed by atoms with Crippen LogP contribution < -0.4 is 20.7 Å². The Morgan fingerprint density at radius 3 is 2.63 bits per heavy atom. The molecule has 5 rings (SSSR count). The second kappa shape index (κ2) is 10.6. The molecule has 0 saturated carbocycles. The lowest BCUT2D eigenvalue weighted by Crippen LogP contribution is -2.30. The number of nitrogens with zero attached hydrogens (tertiary/aromatic N) is 2. The Kier molecular flexibility index (Phi) is 6.94. The topological polar surface area (TPSA) is 132 Å². The Hall–Kier alpha value is -4.86. The number of ether oxygens (including phenoxy) is 1. The van der Waals surface area contributed by atoms with Gasteiger partial charge in [0.15, 0.2) is 5.96 Å². The number of aliphatic imine (C=N–C) groups is 1. The molecule has 0 saturated heterocycles. The summed E-state index contributed by atoms with van der Waals surface area (Å²) in [5.41, 5.74) is 3.57. The number of rotatable bonds is 8. The normalized spacial score (nSPS) is 14.8. The lowest BCUT2D eigenvalue weighted by Gasteiger charge is -2.27. The predicted molar refractivity (Wildman–Crippen MR) is 143 cm³/mol. The molecule has 3 aromatic carbocycles. The quantitative estimate of drug-likeness (QED) is 0.362. The molecule has 194 valence electrons. The molecule has 0 radical (unpaired) electrons. The molecule has 0 spiro atoms. The van der Waals surface area contributed by atoms with Gasteiger partial charge in [-0.25, -0.2) is 0 Å². The van der Waals surface area contributed by atoms with Gasteiger partial charge in [-0.05, 0) is 53.6 Å². The lowest BCUT2D eigenvalue weighted by molar-refractivity contribution is -0.138. The fourth-order valence-corrected chi connectivity index (χ4v) is 4.61. The molecule has 2 amide bonds. The fourth-order valence-electron chi connectivity index (χ4n) is 4.61. The summed E-state index contributed by atoms with van der Waals surface area (Å²) in [6.07, 6.45) is -0.234. The second-order valence-electron chi connectivity index (χ2n) is 9.01. The van der Waals surface area contributed by atoms with E-state index in [-0.39, 0.29) is 24.8 Å². The second-order valence-corrected chi connectivity index (χ2v) is 9.01. The van der Waals surface area contributed by atoms with Crippen molar-refractivity contribution >= 4 is 35.1 Å². The molecule has 0 bridgehead atoms. The van der Waals surface area contributed by atoms with Gasteiger partial charge in [-0.3, -0.25) is 19.4 Å². The van der Waals surface area contributed by atoms with Gasteiger partial charge < -0.3 is 30.7 Å². The van der Waals surface area contributed by atoms with E-state index in [1.54, 1.807) is 72.7 Å². The third kappa shape index (κ3) is 5.29. The molecule has 1 unspecified atom stereocenters. The van der Waals surface area contributed by atoms with Crippen LogP contribution in [0.25, 0.3) is 0 Å². The number of methoxy groups -OCH3 is 1. The molecule has 2 aliphatic rings. The summed E-state index contributed by atoms with van der Waals surface area (Å²) in [6.45, 7) is 1.75. The molecule has 2 aliphatic heterocycles. The molecular weight excluding hydrogens is 486 g/mol. The number of aliphatic carboxylic acids is 1. The van der Waals surface area contributed by atoms with Crippen molar-refractivity contribution in [3.05, 3.63) is 89.0 Å². The standard InChI is InChI=1S/C28H27N5O5/c1-38-22-9-6-17(7-10-22)24(15-25(34)35)33-16-19-5-8-21(14-23(19)27(33)37)31-26(36)18-3-2-4-20(13-18)32-28-29-11-12-30-28/h2-10,13-14,24H,11-12,15-16H2,1H3,(H,31,36)(H,34,35)(H2,29,30,32). The number of carboxylic acids is 1. The lowest BCUT2D eigenvalue weighted by atomic mass is 10.0. The van der Waals surface area contributed by atoms with E-state index in [9.17, 15) is 19.5 Å². The third-order valence-corrected chi connectivity index (χ3v) is 6.51. The highest BCUT2D eigenvalue weighted by atomic mass is 16.5. The maximum Gasteiger partial charge on any atom is 0.305 e. The van der Waals surface area contributed by atoms with E-state index in [4.69, 9.17) is 4.74 Å². The van der Waals surface area contributed by atoms with Crippen LogP contribution in [-0.4, -0.2) is 53.9 Å². The van der Waals surface area contributed by atoms with Crippen LogP contribution in [0.2, 0.25) is 0 Å². The minimum Gasteiger partial charge on any atom is -0.497 e. The van der Waals surface area contributed by atoms with Gasteiger partial charge in [-0.1, -0.05) is 24.3 Å². The summed E-state index contributed by atoms with van der Waals surface area (Å²) < 4.78 is 5.20. The molecular formula is C28H27N5O5. The Morgan fingerprint density at radius 2 is 1.92 bits per heavy atom. The summed E-state index contributed by atoms with van der Waals surface area (Å²) in [7, 11) is 1.55. The first-order valence-corrected chi connectivity index (χ1v) is 12.2. The average molecular weight is 514 g/mol. The van der Waals surface area contributed by atoms with E-state index in [2.05, 4.69) is 20.9 Å². The third-order valence-electron chi connectivity index (χ3n) is 6.51. The Labute approximate surface area is 219 Å². The molecule has 0 aliphatic carbocycles. The number of amides is 2. The molecule has 2 heterocycles. The average Bonchev–Trinajstić information content (AvgIpc) is 3.55. The van der Waals surface area contributed by atoms with Crippen LogP contribution in [0.5, 0.6) is 5.75 Å². The van der Waals surface area contributed by atoms with Gasteiger partial charge in [-0.2, -0.15) is 0 Å². The number of carbonyl (C=O) groups is 3. The number of anilines is 2.